The summed E-state index contributed by atoms with van der Waals surface area (Å²) in [6, 6.07) is 0. The van der Waals surface area contributed by atoms with Gasteiger partial charge in [0.1, 0.15) is 12.7 Å². The summed E-state index contributed by atoms with van der Waals surface area (Å²) in [5.41, 5.74) is 0. The lowest BCUT2D eigenvalue weighted by Crippen LogP contribution is -2.63. The minimum atomic E-state index is -1.27. The van der Waals surface area contributed by atoms with Gasteiger partial charge < -0.3 is 33.2 Å². The summed E-state index contributed by atoms with van der Waals surface area (Å²) >= 11 is 0. The molecule has 1 aliphatic heterocycles. The Bertz CT molecular complexity index is 706. The maximum atomic E-state index is 11.8. The molecule has 34 heavy (non-hydrogen) atoms. The third-order valence-corrected chi connectivity index (χ3v) is 4.56. The molecule has 0 unspecified atom stereocenters. The van der Waals surface area contributed by atoms with Crippen LogP contribution in [0.25, 0.3) is 0 Å². The van der Waals surface area contributed by atoms with Crippen molar-refractivity contribution in [3.8, 4) is 0 Å². The number of hydrogen-bond acceptors (Lipinski definition) is 12. The van der Waals surface area contributed by atoms with Gasteiger partial charge in [-0.2, -0.15) is 0 Å². The van der Waals surface area contributed by atoms with Crippen LogP contribution in [0.1, 0.15) is 60.3 Å². The van der Waals surface area contributed by atoms with Gasteiger partial charge in [-0.3, -0.25) is 24.0 Å². The van der Waals surface area contributed by atoms with Gasteiger partial charge in [0, 0.05) is 40.7 Å². The molecule has 0 saturated carbocycles. The van der Waals surface area contributed by atoms with E-state index in [0.717, 1.165) is 20.8 Å². The molecule has 12 heteroatoms. The van der Waals surface area contributed by atoms with Crippen LogP contribution in [0, 0.1) is 0 Å². The van der Waals surface area contributed by atoms with Crippen molar-refractivity contribution in [1.82, 2.24) is 0 Å². The quantitative estimate of drug-likeness (QED) is 0.207. The molecule has 1 heterocycles. The van der Waals surface area contributed by atoms with Gasteiger partial charge in [-0.1, -0.05) is 6.42 Å². The molecule has 12 nitrogen and oxygen atoms in total. The lowest BCUT2D eigenvalue weighted by atomic mass is 9.98. The molecule has 1 aliphatic rings. The summed E-state index contributed by atoms with van der Waals surface area (Å²) < 4.78 is 37.4. The average Bonchev–Trinajstić information content (AvgIpc) is 2.72. The van der Waals surface area contributed by atoms with Crippen molar-refractivity contribution in [3.05, 3.63) is 0 Å². The molecular formula is C22H34O12. The van der Waals surface area contributed by atoms with Crippen molar-refractivity contribution in [2.75, 3.05) is 19.8 Å². The van der Waals surface area contributed by atoms with E-state index in [1.54, 1.807) is 6.92 Å². The van der Waals surface area contributed by atoms with Crippen LogP contribution in [0.3, 0.4) is 0 Å². The van der Waals surface area contributed by atoms with E-state index in [-0.39, 0.29) is 25.6 Å². The average molecular weight is 491 g/mol. The molecule has 0 bridgehead atoms. The molecule has 0 aromatic heterocycles. The van der Waals surface area contributed by atoms with E-state index in [2.05, 4.69) is 0 Å². The molecule has 0 N–H and O–H groups in total. The highest BCUT2D eigenvalue weighted by Gasteiger charge is 2.52. The lowest BCUT2D eigenvalue weighted by molar-refractivity contribution is -0.308. The molecule has 0 aliphatic carbocycles. The summed E-state index contributed by atoms with van der Waals surface area (Å²) in [6.07, 6.45) is -3.92. The number of ether oxygens (including phenoxy) is 7. The standard InChI is InChI=1S/C22H34O12/c1-6-28-18(27)10-8-7-9-11-29-22-21(33-16(5)26)20(32-15(4)25)19(31-14(3)24)17(34-22)12-30-13(2)23/h17,19-22H,6-12H2,1-5H3/t17-,19-,20+,21-,22+/m1/s1. The van der Waals surface area contributed by atoms with E-state index >= 15 is 0 Å². The topological polar surface area (TPSA) is 150 Å². The second-order valence-electron chi connectivity index (χ2n) is 7.55. The number of carbonyl (C=O) groups excluding carboxylic acids is 5. The number of hydrogen-bond donors (Lipinski definition) is 0. The molecule has 1 fully saturated rings. The first-order chi connectivity index (χ1) is 16.0. The first-order valence-corrected chi connectivity index (χ1v) is 11.1. The van der Waals surface area contributed by atoms with Crippen LogP contribution >= 0.6 is 0 Å². The molecule has 5 atom stereocenters. The number of carbonyl (C=O) groups is 5. The normalized spacial score (nSPS) is 24.0. The zero-order chi connectivity index (χ0) is 25.7. The van der Waals surface area contributed by atoms with Crippen LogP contribution in [0.15, 0.2) is 0 Å². The third kappa shape index (κ3) is 10.9. The molecule has 0 aromatic carbocycles. The van der Waals surface area contributed by atoms with E-state index in [1.165, 1.54) is 6.92 Å². The van der Waals surface area contributed by atoms with Crippen molar-refractivity contribution >= 4 is 29.8 Å². The summed E-state index contributed by atoms with van der Waals surface area (Å²) in [5, 5.41) is 0. The highest BCUT2D eigenvalue weighted by molar-refractivity contribution is 5.69. The molecule has 194 valence electrons. The first-order valence-electron chi connectivity index (χ1n) is 11.1. The van der Waals surface area contributed by atoms with Crippen molar-refractivity contribution in [2.45, 2.75) is 91.0 Å². The van der Waals surface area contributed by atoms with Crippen LogP contribution in [-0.4, -0.2) is 80.4 Å². The highest BCUT2D eigenvalue weighted by atomic mass is 16.7. The van der Waals surface area contributed by atoms with Crippen molar-refractivity contribution in [1.29, 1.82) is 0 Å². The monoisotopic (exact) mass is 490 g/mol. The van der Waals surface area contributed by atoms with Gasteiger partial charge in [0.05, 0.1) is 6.61 Å². The second-order valence-corrected chi connectivity index (χ2v) is 7.55. The number of unbranched alkanes of at least 4 members (excludes halogenated alkanes) is 2. The Balaban J connectivity index is 2.96. The Hall–Kier alpha value is -2.73. The van der Waals surface area contributed by atoms with Crippen LogP contribution in [-0.2, 0) is 57.1 Å². The Kier molecular flexibility index (Phi) is 13.1. The smallest absolute Gasteiger partial charge is 0.305 e. The Morgan fingerprint density at radius 2 is 1.29 bits per heavy atom. The largest absolute Gasteiger partial charge is 0.466 e. The van der Waals surface area contributed by atoms with Gasteiger partial charge in [0.2, 0.25) is 0 Å². The van der Waals surface area contributed by atoms with Crippen LogP contribution in [0.4, 0.5) is 0 Å². The van der Waals surface area contributed by atoms with Crippen LogP contribution in [0.5, 0.6) is 0 Å². The number of rotatable bonds is 13. The van der Waals surface area contributed by atoms with Gasteiger partial charge in [-0.05, 0) is 19.8 Å². The second kappa shape index (κ2) is 15.2. The molecular weight excluding hydrogens is 456 g/mol. The summed E-state index contributed by atoms with van der Waals surface area (Å²) in [5.74, 6) is -3.00. The molecule has 0 spiro atoms. The minimum absolute atomic E-state index is 0.163. The lowest BCUT2D eigenvalue weighted by Gasteiger charge is -2.44. The molecule has 1 rings (SSSR count). The fraction of sp³-hybridized carbons (Fsp3) is 0.773. The van der Waals surface area contributed by atoms with Gasteiger partial charge in [0.15, 0.2) is 24.6 Å². The van der Waals surface area contributed by atoms with E-state index in [0.29, 0.717) is 25.9 Å². The zero-order valence-electron chi connectivity index (χ0n) is 20.2. The van der Waals surface area contributed by atoms with Gasteiger partial charge in [-0.15, -0.1) is 0 Å². The van der Waals surface area contributed by atoms with E-state index in [1.807, 2.05) is 0 Å². The maximum Gasteiger partial charge on any atom is 0.305 e. The maximum absolute atomic E-state index is 11.8. The summed E-state index contributed by atoms with van der Waals surface area (Å²) in [7, 11) is 0. The van der Waals surface area contributed by atoms with E-state index < -0.39 is 54.6 Å². The van der Waals surface area contributed by atoms with Crippen molar-refractivity contribution in [2.24, 2.45) is 0 Å². The predicted molar refractivity (Wildman–Crippen MR) is 113 cm³/mol. The zero-order valence-corrected chi connectivity index (χ0v) is 20.2. The van der Waals surface area contributed by atoms with Gasteiger partial charge in [-0.25, -0.2) is 0 Å². The van der Waals surface area contributed by atoms with Crippen molar-refractivity contribution < 1.29 is 57.1 Å². The highest BCUT2D eigenvalue weighted by Crippen LogP contribution is 2.30. The SMILES string of the molecule is CCOC(=O)CCCCCO[C@H]1O[C@H](COC(C)=O)[C@@H](OC(C)=O)[C@H](OC(C)=O)[C@H]1OC(C)=O. The molecule has 0 aromatic rings. The number of esters is 5. The molecule has 1 saturated heterocycles. The predicted octanol–water partition coefficient (Wildman–Crippen LogP) is 1.21. The van der Waals surface area contributed by atoms with E-state index in [9.17, 15) is 24.0 Å². The Morgan fingerprint density at radius 1 is 0.706 bits per heavy atom. The van der Waals surface area contributed by atoms with Crippen LogP contribution in [0.2, 0.25) is 0 Å². The first kappa shape index (κ1) is 29.3. The fourth-order valence-electron chi connectivity index (χ4n) is 3.30. The van der Waals surface area contributed by atoms with Gasteiger partial charge >= 0.3 is 29.8 Å². The molecule has 0 radical (unpaired) electrons. The minimum Gasteiger partial charge on any atom is -0.466 e. The van der Waals surface area contributed by atoms with Gasteiger partial charge in [0.25, 0.3) is 0 Å². The third-order valence-electron chi connectivity index (χ3n) is 4.56. The summed E-state index contributed by atoms with van der Waals surface area (Å²) in [4.78, 5) is 58.0. The van der Waals surface area contributed by atoms with Crippen LogP contribution < -0.4 is 0 Å². The Labute approximate surface area is 198 Å². The summed E-state index contributed by atoms with van der Waals surface area (Å²) in [6.45, 7) is 6.54. The fourth-order valence-corrected chi connectivity index (χ4v) is 3.30. The van der Waals surface area contributed by atoms with E-state index in [4.69, 9.17) is 33.2 Å². The Morgan fingerprint density at radius 3 is 1.85 bits per heavy atom. The van der Waals surface area contributed by atoms with Crippen molar-refractivity contribution in [3.63, 3.8) is 0 Å². The molecule has 0 amide bonds.